The standard InChI is InChI=1S/C14H23N3O4S/c1-16(2)22(19,20)10-7-15-14(18)13-6-5-12(21-13)11-17-8-3-4-9-17/h5-6H,3-4,7-11H2,1-2H3,(H,15,18). The number of carbonyl (C=O) groups excluding carboxylic acids is 1. The van der Waals surface area contributed by atoms with E-state index in [2.05, 4.69) is 10.2 Å². The van der Waals surface area contributed by atoms with Crippen LogP contribution >= 0.6 is 0 Å². The molecule has 0 aliphatic carbocycles. The number of nitrogens with one attached hydrogen (secondary N) is 1. The fourth-order valence-electron chi connectivity index (χ4n) is 2.31. The Hall–Kier alpha value is -1.38. The Morgan fingerprint density at radius 2 is 2.00 bits per heavy atom. The summed E-state index contributed by atoms with van der Waals surface area (Å²) in [7, 11) is -0.372. The van der Waals surface area contributed by atoms with Gasteiger partial charge in [0.05, 0.1) is 12.3 Å². The number of amides is 1. The van der Waals surface area contributed by atoms with E-state index in [4.69, 9.17) is 4.42 Å². The highest BCUT2D eigenvalue weighted by Crippen LogP contribution is 2.15. The van der Waals surface area contributed by atoms with Crippen LogP contribution in [0.15, 0.2) is 16.5 Å². The summed E-state index contributed by atoms with van der Waals surface area (Å²) in [6, 6.07) is 3.42. The van der Waals surface area contributed by atoms with Crippen molar-refractivity contribution in [2.24, 2.45) is 0 Å². The van der Waals surface area contributed by atoms with Crippen LogP contribution in [0.3, 0.4) is 0 Å². The molecule has 0 unspecified atom stereocenters. The third kappa shape index (κ3) is 4.56. The SMILES string of the molecule is CN(C)S(=O)(=O)CCNC(=O)c1ccc(CN2CCCC2)o1. The van der Waals surface area contributed by atoms with Crippen LogP contribution in [0.4, 0.5) is 0 Å². The summed E-state index contributed by atoms with van der Waals surface area (Å²) in [5.41, 5.74) is 0. The summed E-state index contributed by atoms with van der Waals surface area (Å²) in [5, 5.41) is 2.56. The first-order valence-electron chi connectivity index (χ1n) is 7.38. The summed E-state index contributed by atoms with van der Waals surface area (Å²) in [6.07, 6.45) is 2.41. The van der Waals surface area contributed by atoms with E-state index < -0.39 is 10.0 Å². The molecule has 1 amide bonds. The lowest BCUT2D eigenvalue weighted by Gasteiger charge is -2.12. The van der Waals surface area contributed by atoms with Crippen molar-refractivity contribution in [3.05, 3.63) is 23.7 Å². The van der Waals surface area contributed by atoms with Gasteiger partial charge in [0.1, 0.15) is 5.76 Å². The molecule has 1 aromatic heterocycles. The molecule has 124 valence electrons. The van der Waals surface area contributed by atoms with Gasteiger partial charge >= 0.3 is 0 Å². The van der Waals surface area contributed by atoms with Gasteiger partial charge in [0, 0.05) is 20.6 Å². The van der Waals surface area contributed by atoms with Crippen LogP contribution in [0, 0.1) is 0 Å². The molecule has 0 radical (unpaired) electrons. The molecule has 0 spiro atoms. The minimum absolute atomic E-state index is 0.0570. The van der Waals surface area contributed by atoms with Gasteiger partial charge in [-0.05, 0) is 38.1 Å². The molecule has 22 heavy (non-hydrogen) atoms. The Balaban J connectivity index is 1.81. The Labute approximate surface area is 131 Å². The predicted molar refractivity (Wildman–Crippen MR) is 83.0 cm³/mol. The highest BCUT2D eigenvalue weighted by atomic mass is 32.2. The van der Waals surface area contributed by atoms with Crippen molar-refractivity contribution in [2.75, 3.05) is 39.5 Å². The van der Waals surface area contributed by atoms with Gasteiger partial charge in [0.25, 0.3) is 5.91 Å². The van der Waals surface area contributed by atoms with E-state index in [1.807, 2.05) is 0 Å². The zero-order valence-electron chi connectivity index (χ0n) is 13.0. The number of hydrogen-bond acceptors (Lipinski definition) is 5. The summed E-state index contributed by atoms with van der Waals surface area (Å²) >= 11 is 0. The maximum Gasteiger partial charge on any atom is 0.287 e. The van der Waals surface area contributed by atoms with Crippen molar-refractivity contribution < 1.29 is 17.6 Å². The summed E-state index contributed by atoms with van der Waals surface area (Å²) in [6.45, 7) is 2.89. The molecular weight excluding hydrogens is 306 g/mol. The molecule has 7 nitrogen and oxygen atoms in total. The molecule has 1 fully saturated rings. The van der Waals surface area contributed by atoms with Gasteiger partial charge < -0.3 is 9.73 Å². The van der Waals surface area contributed by atoms with Crippen molar-refractivity contribution >= 4 is 15.9 Å². The lowest BCUT2D eigenvalue weighted by Crippen LogP contribution is -2.33. The topological polar surface area (TPSA) is 82.9 Å². The molecule has 2 heterocycles. The first kappa shape index (κ1) is 17.0. The van der Waals surface area contributed by atoms with Crippen molar-refractivity contribution in [1.29, 1.82) is 0 Å². The Kier molecular flexibility index (Phi) is 5.60. The van der Waals surface area contributed by atoms with Crippen molar-refractivity contribution in [3.8, 4) is 0 Å². The number of likely N-dealkylation sites (tertiary alicyclic amines) is 1. The van der Waals surface area contributed by atoms with Crippen LogP contribution < -0.4 is 5.32 Å². The third-order valence-corrected chi connectivity index (χ3v) is 5.50. The van der Waals surface area contributed by atoms with Gasteiger partial charge in [0.2, 0.25) is 10.0 Å². The number of carbonyl (C=O) groups is 1. The van der Waals surface area contributed by atoms with E-state index in [-0.39, 0.29) is 24.0 Å². The molecular formula is C14H23N3O4S. The second-order valence-corrected chi connectivity index (χ2v) is 7.91. The number of nitrogens with zero attached hydrogens (tertiary/aromatic N) is 2. The maximum atomic E-state index is 11.9. The molecule has 0 bridgehead atoms. The molecule has 8 heteroatoms. The minimum atomic E-state index is -3.31. The molecule has 0 aromatic carbocycles. The molecule has 0 atom stereocenters. The molecule has 0 saturated carbocycles. The second kappa shape index (κ2) is 7.26. The maximum absolute atomic E-state index is 11.9. The van der Waals surface area contributed by atoms with Crippen molar-refractivity contribution in [2.45, 2.75) is 19.4 Å². The fourth-order valence-corrected chi connectivity index (χ4v) is 3.03. The van der Waals surface area contributed by atoms with E-state index in [1.54, 1.807) is 12.1 Å². The van der Waals surface area contributed by atoms with Crippen LogP contribution in [0.5, 0.6) is 0 Å². The Bertz CT molecular complexity index is 603. The Morgan fingerprint density at radius 1 is 1.32 bits per heavy atom. The summed E-state index contributed by atoms with van der Waals surface area (Å²) in [4.78, 5) is 14.2. The number of rotatable bonds is 7. The average molecular weight is 329 g/mol. The molecule has 2 rings (SSSR count). The highest BCUT2D eigenvalue weighted by Gasteiger charge is 2.17. The smallest absolute Gasteiger partial charge is 0.287 e. The quantitative estimate of drug-likeness (QED) is 0.787. The molecule has 1 N–H and O–H groups in total. The third-order valence-electron chi connectivity index (χ3n) is 3.67. The van der Waals surface area contributed by atoms with E-state index in [0.29, 0.717) is 6.54 Å². The van der Waals surface area contributed by atoms with Crippen molar-refractivity contribution in [3.63, 3.8) is 0 Å². The highest BCUT2D eigenvalue weighted by molar-refractivity contribution is 7.89. The number of sulfonamides is 1. The van der Waals surface area contributed by atoms with Crippen LogP contribution in [0.1, 0.15) is 29.2 Å². The first-order chi connectivity index (χ1) is 10.4. The van der Waals surface area contributed by atoms with Crippen LogP contribution in [-0.4, -0.2) is 63.0 Å². The number of furan rings is 1. The summed E-state index contributed by atoms with van der Waals surface area (Å²) < 4.78 is 29.8. The van der Waals surface area contributed by atoms with E-state index in [0.717, 1.165) is 23.2 Å². The predicted octanol–water partition coefficient (Wildman–Crippen LogP) is 0.497. The molecule has 1 saturated heterocycles. The largest absolute Gasteiger partial charge is 0.455 e. The van der Waals surface area contributed by atoms with Gasteiger partial charge in [-0.15, -0.1) is 0 Å². The zero-order valence-corrected chi connectivity index (χ0v) is 13.9. The second-order valence-electron chi connectivity index (χ2n) is 5.60. The average Bonchev–Trinajstić information content (AvgIpc) is 3.10. The van der Waals surface area contributed by atoms with Crippen LogP contribution in [0.2, 0.25) is 0 Å². The lowest BCUT2D eigenvalue weighted by atomic mass is 10.4. The lowest BCUT2D eigenvalue weighted by molar-refractivity contribution is 0.0925. The van der Waals surface area contributed by atoms with E-state index in [1.165, 1.54) is 26.9 Å². The zero-order chi connectivity index (χ0) is 16.2. The normalized spacial score (nSPS) is 16.3. The molecule has 1 aliphatic rings. The van der Waals surface area contributed by atoms with Gasteiger partial charge in [-0.1, -0.05) is 0 Å². The minimum Gasteiger partial charge on any atom is -0.455 e. The van der Waals surface area contributed by atoms with Crippen LogP contribution in [0.25, 0.3) is 0 Å². The van der Waals surface area contributed by atoms with E-state index >= 15 is 0 Å². The van der Waals surface area contributed by atoms with Crippen LogP contribution in [-0.2, 0) is 16.6 Å². The van der Waals surface area contributed by atoms with Gasteiger partial charge in [-0.3, -0.25) is 9.69 Å². The first-order valence-corrected chi connectivity index (χ1v) is 8.99. The molecule has 1 aromatic rings. The fraction of sp³-hybridized carbons (Fsp3) is 0.643. The van der Waals surface area contributed by atoms with Crippen molar-refractivity contribution in [1.82, 2.24) is 14.5 Å². The van der Waals surface area contributed by atoms with E-state index in [9.17, 15) is 13.2 Å². The monoisotopic (exact) mass is 329 g/mol. The van der Waals surface area contributed by atoms with Gasteiger partial charge in [-0.2, -0.15) is 0 Å². The number of hydrogen-bond donors (Lipinski definition) is 1. The van der Waals surface area contributed by atoms with Gasteiger partial charge in [-0.25, -0.2) is 12.7 Å². The molecule has 1 aliphatic heterocycles. The summed E-state index contributed by atoms with van der Waals surface area (Å²) in [5.74, 6) is 0.457. The van der Waals surface area contributed by atoms with Gasteiger partial charge in [0.15, 0.2) is 5.76 Å². The Morgan fingerprint density at radius 3 is 2.64 bits per heavy atom.